The SMILES string of the molecule is Oc1ccc(/C=C/C2=CC=CCS2)cc1. The highest BCUT2D eigenvalue weighted by atomic mass is 32.2. The van der Waals surface area contributed by atoms with E-state index in [9.17, 15) is 0 Å². The van der Waals surface area contributed by atoms with Crippen molar-refractivity contribution in [1.29, 1.82) is 0 Å². The fourth-order valence-electron chi connectivity index (χ4n) is 1.28. The molecule has 1 aromatic carbocycles. The highest BCUT2D eigenvalue weighted by molar-refractivity contribution is 8.03. The smallest absolute Gasteiger partial charge is 0.115 e. The Morgan fingerprint density at radius 1 is 1.13 bits per heavy atom. The molecule has 2 rings (SSSR count). The predicted octanol–water partition coefficient (Wildman–Crippen LogP) is 3.59. The highest BCUT2D eigenvalue weighted by Gasteiger charge is 1.95. The fourth-order valence-corrected chi connectivity index (χ4v) is 2.02. The molecule has 1 aromatic rings. The number of aromatic hydroxyl groups is 1. The first-order valence-electron chi connectivity index (χ1n) is 4.81. The molecule has 15 heavy (non-hydrogen) atoms. The van der Waals surface area contributed by atoms with Crippen LogP contribution in [-0.2, 0) is 0 Å². The maximum absolute atomic E-state index is 9.12. The molecule has 0 amide bonds. The van der Waals surface area contributed by atoms with E-state index in [1.54, 1.807) is 12.1 Å². The van der Waals surface area contributed by atoms with Crippen LogP contribution in [0.4, 0.5) is 0 Å². The van der Waals surface area contributed by atoms with Crippen molar-refractivity contribution in [2.75, 3.05) is 5.75 Å². The summed E-state index contributed by atoms with van der Waals surface area (Å²) >= 11 is 1.82. The molecule has 0 saturated heterocycles. The molecule has 1 N–H and O–H groups in total. The van der Waals surface area contributed by atoms with E-state index in [-0.39, 0.29) is 0 Å². The molecule has 0 bridgehead atoms. The molecule has 0 fully saturated rings. The van der Waals surface area contributed by atoms with Crippen LogP contribution in [0.2, 0.25) is 0 Å². The lowest BCUT2D eigenvalue weighted by molar-refractivity contribution is 0.475. The van der Waals surface area contributed by atoms with Crippen molar-refractivity contribution in [3.8, 4) is 5.75 Å². The number of allylic oxidation sites excluding steroid dienone is 3. The molecule has 0 unspecified atom stereocenters. The molecule has 1 heterocycles. The zero-order valence-corrected chi connectivity index (χ0v) is 9.08. The normalized spacial score (nSPS) is 15.6. The minimum atomic E-state index is 0.307. The van der Waals surface area contributed by atoms with Gasteiger partial charge in [0.25, 0.3) is 0 Å². The van der Waals surface area contributed by atoms with Gasteiger partial charge in [0.2, 0.25) is 0 Å². The van der Waals surface area contributed by atoms with E-state index in [0.717, 1.165) is 11.3 Å². The Morgan fingerprint density at radius 3 is 2.60 bits per heavy atom. The van der Waals surface area contributed by atoms with Crippen LogP contribution in [0.15, 0.2) is 53.5 Å². The second-order valence-electron chi connectivity index (χ2n) is 3.23. The topological polar surface area (TPSA) is 20.2 Å². The van der Waals surface area contributed by atoms with Crippen molar-refractivity contribution >= 4 is 17.8 Å². The van der Waals surface area contributed by atoms with E-state index in [4.69, 9.17) is 5.11 Å². The number of phenolic OH excluding ortho intramolecular Hbond substituents is 1. The van der Waals surface area contributed by atoms with Gasteiger partial charge in [0.05, 0.1) is 0 Å². The summed E-state index contributed by atoms with van der Waals surface area (Å²) in [6, 6.07) is 7.19. The number of hydrogen-bond acceptors (Lipinski definition) is 2. The molecule has 76 valence electrons. The van der Waals surface area contributed by atoms with Crippen molar-refractivity contribution in [1.82, 2.24) is 0 Å². The van der Waals surface area contributed by atoms with Crippen molar-refractivity contribution in [2.45, 2.75) is 0 Å². The van der Waals surface area contributed by atoms with Gasteiger partial charge in [0.15, 0.2) is 0 Å². The third kappa shape index (κ3) is 3.03. The maximum Gasteiger partial charge on any atom is 0.115 e. The first-order valence-corrected chi connectivity index (χ1v) is 5.80. The van der Waals surface area contributed by atoms with Gasteiger partial charge in [-0.25, -0.2) is 0 Å². The predicted molar refractivity (Wildman–Crippen MR) is 66.8 cm³/mol. The minimum absolute atomic E-state index is 0.307. The zero-order chi connectivity index (χ0) is 10.5. The van der Waals surface area contributed by atoms with E-state index in [1.165, 1.54) is 4.91 Å². The Labute approximate surface area is 93.8 Å². The lowest BCUT2D eigenvalue weighted by Gasteiger charge is -2.02. The molecule has 0 saturated carbocycles. The largest absolute Gasteiger partial charge is 0.508 e. The number of phenols is 1. The minimum Gasteiger partial charge on any atom is -0.508 e. The summed E-state index contributed by atoms with van der Waals surface area (Å²) in [6.45, 7) is 0. The molecule has 0 aliphatic carbocycles. The first-order chi connectivity index (χ1) is 7.34. The molecular formula is C13H12OS. The van der Waals surface area contributed by atoms with Gasteiger partial charge in [-0.2, -0.15) is 0 Å². The summed E-state index contributed by atoms with van der Waals surface area (Å²) in [5, 5.41) is 9.12. The van der Waals surface area contributed by atoms with Crippen LogP contribution >= 0.6 is 11.8 Å². The van der Waals surface area contributed by atoms with Gasteiger partial charge in [-0.05, 0) is 29.8 Å². The Bertz CT molecular complexity index is 413. The van der Waals surface area contributed by atoms with E-state index < -0.39 is 0 Å². The van der Waals surface area contributed by atoms with E-state index >= 15 is 0 Å². The Morgan fingerprint density at radius 2 is 1.93 bits per heavy atom. The monoisotopic (exact) mass is 216 g/mol. The van der Waals surface area contributed by atoms with Crippen molar-refractivity contribution < 1.29 is 5.11 Å². The third-order valence-electron chi connectivity index (χ3n) is 2.08. The second-order valence-corrected chi connectivity index (χ2v) is 4.33. The van der Waals surface area contributed by atoms with Crippen LogP contribution in [-0.4, -0.2) is 10.9 Å². The molecule has 0 radical (unpaired) electrons. The summed E-state index contributed by atoms with van der Waals surface area (Å²) in [4.78, 5) is 1.27. The van der Waals surface area contributed by atoms with E-state index in [2.05, 4.69) is 30.4 Å². The van der Waals surface area contributed by atoms with Gasteiger partial charge >= 0.3 is 0 Å². The molecule has 0 atom stereocenters. The summed E-state index contributed by atoms with van der Waals surface area (Å²) in [6.07, 6.45) is 10.5. The number of benzene rings is 1. The third-order valence-corrected chi connectivity index (χ3v) is 3.04. The second kappa shape index (κ2) is 4.89. The van der Waals surface area contributed by atoms with Crippen LogP contribution < -0.4 is 0 Å². The quantitative estimate of drug-likeness (QED) is 0.815. The zero-order valence-electron chi connectivity index (χ0n) is 8.26. The van der Waals surface area contributed by atoms with E-state index in [1.807, 2.05) is 23.9 Å². The fraction of sp³-hybridized carbons (Fsp3) is 0.0769. The Hall–Kier alpha value is -1.41. The molecule has 0 spiro atoms. The van der Waals surface area contributed by atoms with E-state index in [0.29, 0.717) is 5.75 Å². The number of hydrogen-bond donors (Lipinski definition) is 1. The lowest BCUT2D eigenvalue weighted by atomic mass is 10.2. The van der Waals surface area contributed by atoms with Gasteiger partial charge in [0.1, 0.15) is 5.75 Å². The molecule has 1 nitrogen and oxygen atoms in total. The maximum atomic E-state index is 9.12. The van der Waals surface area contributed by atoms with Crippen LogP contribution in [0.5, 0.6) is 5.75 Å². The summed E-state index contributed by atoms with van der Waals surface area (Å²) < 4.78 is 0. The molecule has 1 aliphatic rings. The van der Waals surface area contributed by atoms with Crippen molar-refractivity contribution in [2.24, 2.45) is 0 Å². The molecule has 2 heteroatoms. The highest BCUT2D eigenvalue weighted by Crippen LogP contribution is 2.22. The van der Waals surface area contributed by atoms with Gasteiger partial charge < -0.3 is 5.11 Å². The Kier molecular flexibility index (Phi) is 3.30. The average molecular weight is 216 g/mol. The standard InChI is InChI=1S/C13H12OS/c14-12-7-4-11(5-8-12)6-9-13-3-1-2-10-15-13/h1-9,14H,10H2/b9-6+. The van der Waals surface area contributed by atoms with Gasteiger partial charge in [-0.1, -0.05) is 30.4 Å². The first kappa shape index (κ1) is 10.1. The van der Waals surface area contributed by atoms with Crippen molar-refractivity contribution in [3.63, 3.8) is 0 Å². The summed E-state index contributed by atoms with van der Waals surface area (Å²) in [5.41, 5.74) is 1.10. The van der Waals surface area contributed by atoms with Gasteiger partial charge in [-0.3, -0.25) is 0 Å². The Balaban J connectivity index is 2.07. The average Bonchev–Trinajstić information content (AvgIpc) is 2.30. The number of thioether (sulfide) groups is 1. The van der Waals surface area contributed by atoms with Crippen LogP contribution in [0.25, 0.3) is 6.08 Å². The van der Waals surface area contributed by atoms with Gasteiger partial charge in [-0.15, -0.1) is 11.8 Å². The van der Waals surface area contributed by atoms with Crippen LogP contribution in [0.1, 0.15) is 5.56 Å². The molecule has 1 aliphatic heterocycles. The van der Waals surface area contributed by atoms with Crippen LogP contribution in [0, 0.1) is 0 Å². The molecular weight excluding hydrogens is 204 g/mol. The van der Waals surface area contributed by atoms with Crippen LogP contribution in [0.3, 0.4) is 0 Å². The number of rotatable bonds is 2. The van der Waals surface area contributed by atoms with Crippen molar-refractivity contribution in [3.05, 3.63) is 59.0 Å². The summed E-state index contributed by atoms with van der Waals surface area (Å²) in [5.74, 6) is 1.35. The molecule has 0 aromatic heterocycles. The van der Waals surface area contributed by atoms with Gasteiger partial charge in [0, 0.05) is 10.7 Å². The lowest BCUT2D eigenvalue weighted by Crippen LogP contribution is -1.79. The summed E-state index contributed by atoms with van der Waals surface area (Å²) in [7, 11) is 0.